The first-order chi connectivity index (χ1) is 15.6. The van der Waals surface area contributed by atoms with Crippen LogP contribution in [0.1, 0.15) is 30.0 Å². The molecule has 0 amide bonds. The molecule has 3 aromatic rings. The normalized spacial score (nSPS) is 15.6. The molecule has 1 aliphatic heterocycles. The second-order valence-electron chi connectivity index (χ2n) is 8.44. The molecule has 0 saturated heterocycles. The molecule has 1 heterocycles. The Morgan fingerprint density at radius 1 is 0.970 bits per heavy atom. The Bertz CT molecular complexity index is 1290. The molecule has 172 valence electrons. The van der Waals surface area contributed by atoms with Gasteiger partial charge in [-0.15, -0.1) is 0 Å². The van der Waals surface area contributed by atoms with Crippen LogP contribution in [-0.4, -0.2) is 19.6 Å². The van der Waals surface area contributed by atoms with Crippen LogP contribution in [0.25, 0.3) is 0 Å². The highest BCUT2D eigenvalue weighted by Gasteiger charge is 2.33. The van der Waals surface area contributed by atoms with Crippen LogP contribution >= 0.6 is 12.2 Å². The number of aryl methyl sites for hydroxylation is 3. The molecule has 0 aliphatic carbocycles. The number of hydrogen-bond acceptors (Lipinski definition) is 3. The number of sulfonamides is 1. The molecule has 0 unspecified atom stereocenters. The maximum absolute atomic E-state index is 13.7. The van der Waals surface area contributed by atoms with Crippen molar-refractivity contribution in [2.45, 2.75) is 44.6 Å². The molecule has 0 saturated carbocycles. The predicted octanol–water partition coefficient (Wildman–Crippen LogP) is 5.78. The molecule has 4 rings (SSSR count). The van der Waals surface area contributed by atoms with E-state index in [0.717, 1.165) is 16.8 Å². The zero-order valence-corrected chi connectivity index (χ0v) is 20.4. The molecule has 0 fully saturated rings. The van der Waals surface area contributed by atoms with Gasteiger partial charge in [0, 0.05) is 17.4 Å². The molecule has 0 aromatic heterocycles. The minimum absolute atomic E-state index is 0.172. The first kappa shape index (κ1) is 23.2. The number of nitrogens with zero attached hydrogens (tertiary/aromatic N) is 1. The molecule has 0 radical (unpaired) electrons. The summed E-state index contributed by atoms with van der Waals surface area (Å²) >= 11 is 5.40. The molecular weight excluding hydrogens is 457 g/mol. The summed E-state index contributed by atoms with van der Waals surface area (Å²) in [4.78, 5) is 0.172. The quantitative estimate of drug-likeness (QED) is 0.461. The number of nitrogens with one attached hydrogen (secondary N) is 2. The van der Waals surface area contributed by atoms with E-state index in [2.05, 4.69) is 16.7 Å². The lowest BCUT2D eigenvalue weighted by Crippen LogP contribution is -2.42. The highest BCUT2D eigenvalue weighted by atomic mass is 32.2. The number of rotatable bonds is 4. The summed E-state index contributed by atoms with van der Waals surface area (Å²) in [5.74, 6) is -0.360. The van der Waals surface area contributed by atoms with Crippen molar-refractivity contribution in [3.63, 3.8) is 0 Å². The SMILES string of the molecule is Cc1cc(C)cc(NC(=S)Nc2ccc(S(=O)(=O)N3c4ccc(F)cc4CC[C@@H]3C)cc2)c1. The van der Waals surface area contributed by atoms with Crippen molar-refractivity contribution in [2.24, 2.45) is 0 Å². The third kappa shape index (κ3) is 5.02. The van der Waals surface area contributed by atoms with Crippen LogP contribution in [0, 0.1) is 19.7 Å². The molecule has 5 nitrogen and oxygen atoms in total. The lowest BCUT2D eigenvalue weighted by molar-refractivity contribution is 0.560. The Morgan fingerprint density at radius 2 is 1.61 bits per heavy atom. The minimum Gasteiger partial charge on any atom is -0.332 e. The van der Waals surface area contributed by atoms with E-state index >= 15 is 0 Å². The average molecular weight is 484 g/mol. The first-order valence-electron chi connectivity index (χ1n) is 10.7. The molecule has 3 aromatic carbocycles. The van der Waals surface area contributed by atoms with Crippen molar-refractivity contribution in [3.05, 3.63) is 83.2 Å². The van der Waals surface area contributed by atoms with Crippen LogP contribution in [0.5, 0.6) is 0 Å². The molecule has 1 aliphatic rings. The van der Waals surface area contributed by atoms with Gasteiger partial charge in [-0.1, -0.05) is 6.07 Å². The third-order valence-electron chi connectivity index (χ3n) is 5.66. The van der Waals surface area contributed by atoms with Gasteiger partial charge in [-0.2, -0.15) is 0 Å². The number of anilines is 3. The van der Waals surface area contributed by atoms with Crippen LogP contribution in [0.2, 0.25) is 0 Å². The van der Waals surface area contributed by atoms with Gasteiger partial charge in [-0.25, -0.2) is 12.8 Å². The second-order valence-corrected chi connectivity index (χ2v) is 10.7. The second kappa shape index (κ2) is 9.11. The van der Waals surface area contributed by atoms with E-state index in [1.807, 2.05) is 32.9 Å². The number of hydrogen-bond donors (Lipinski definition) is 2. The Kier molecular flexibility index (Phi) is 6.41. The molecule has 8 heteroatoms. The third-order valence-corrected chi connectivity index (χ3v) is 7.81. The van der Waals surface area contributed by atoms with Crippen molar-refractivity contribution in [1.82, 2.24) is 0 Å². The Labute approximate surface area is 199 Å². The van der Waals surface area contributed by atoms with Gasteiger partial charge in [0.05, 0.1) is 10.6 Å². The average Bonchev–Trinajstić information content (AvgIpc) is 2.73. The van der Waals surface area contributed by atoms with Crippen LogP contribution in [0.4, 0.5) is 21.5 Å². The van der Waals surface area contributed by atoms with Gasteiger partial charge in [-0.05, 0) is 117 Å². The fraction of sp³-hybridized carbons (Fsp3) is 0.240. The van der Waals surface area contributed by atoms with Crippen molar-refractivity contribution >= 4 is 44.4 Å². The zero-order valence-electron chi connectivity index (χ0n) is 18.7. The van der Waals surface area contributed by atoms with Gasteiger partial charge in [0.15, 0.2) is 5.11 Å². The zero-order chi connectivity index (χ0) is 23.8. The van der Waals surface area contributed by atoms with Crippen molar-refractivity contribution < 1.29 is 12.8 Å². The van der Waals surface area contributed by atoms with Gasteiger partial charge in [0.1, 0.15) is 5.82 Å². The maximum atomic E-state index is 13.7. The highest BCUT2D eigenvalue weighted by molar-refractivity contribution is 7.92. The van der Waals surface area contributed by atoms with Crippen molar-refractivity contribution in [2.75, 3.05) is 14.9 Å². The topological polar surface area (TPSA) is 61.4 Å². The molecular formula is C25H26FN3O2S2. The number of halogens is 1. The molecule has 1 atom stereocenters. The monoisotopic (exact) mass is 483 g/mol. The predicted molar refractivity (Wildman–Crippen MR) is 136 cm³/mol. The Balaban J connectivity index is 1.52. The van der Waals surface area contributed by atoms with Crippen LogP contribution in [0.3, 0.4) is 0 Å². The van der Waals surface area contributed by atoms with Gasteiger partial charge >= 0.3 is 0 Å². The number of benzene rings is 3. The summed E-state index contributed by atoms with van der Waals surface area (Å²) in [7, 11) is -3.81. The van der Waals surface area contributed by atoms with Crippen LogP contribution < -0.4 is 14.9 Å². The van der Waals surface area contributed by atoms with E-state index in [-0.39, 0.29) is 16.8 Å². The van der Waals surface area contributed by atoms with E-state index < -0.39 is 10.0 Å². The van der Waals surface area contributed by atoms with Gasteiger partial charge < -0.3 is 10.6 Å². The molecule has 0 spiro atoms. The van der Waals surface area contributed by atoms with Gasteiger partial charge in [0.25, 0.3) is 10.0 Å². The Hall–Kier alpha value is -2.97. The summed E-state index contributed by atoms with van der Waals surface area (Å²) in [5.41, 5.74) is 5.06. The number of fused-ring (bicyclic) bond motifs is 1. The van der Waals surface area contributed by atoms with E-state index in [1.165, 1.54) is 16.4 Å². The Morgan fingerprint density at radius 3 is 2.27 bits per heavy atom. The summed E-state index contributed by atoms with van der Waals surface area (Å²) in [6.45, 7) is 5.91. The van der Waals surface area contributed by atoms with Gasteiger partial charge in [0.2, 0.25) is 0 Å². The fourth-order valence-corrected chi connectivity index (χ4v) is 6.18. The van der Waals surface area contributed by atoms with E-state index in [9.17, 15) is 12.8 Å². The first-order valence-corrected chi connectivity index (χ1v) is 12.6. The minimum atomic E-state index is -3.81. The maximum Gasteiger partial charge on any atom is 0.264 e. The standard InChI is InChI=1S/C25H26FN3O2S2/c1-16-12-17(2)14-22(13-16)28-25(32)27-21-7-9-23(10-8-21)33(30,31)29-18(3)4-5-19-15-20(26)6-11-24(19)29/h6-15,18H,4-5H2,1-3H3,(H2,27,28,32)/t18-/m0/s1. The molecule has 0 bridgehead atoms. The van der Waals surface area contributed by atoms with Crippen molar-refractivity contribution in [1.29, 1.82) is 0 Å². The molecule has 33 heavy (non-hydrogen) atoms. The van der Waals surface area contributed by atoms with E-state index in [4.69, 9.17) is 12.2 Å². The van der Waals surface area contributed by atoms with Crippen molar-refractivity contribution in [3.8, 4) is 0 Å². The lowest BCUT2D eigenvalue weighted by Gasteiger charge is -2.36. The number of thiocarbonyl (C=S) groups is 1. The highest BCUT2D eigenvalue weighted by Crippen LogP contribution is 2.36. The summed E-state index contributed by atoms with van der Waals surface area (Å²) < 4.78 is 42.0. The van der Waals surface area contributed by atoms with E-state index in [0.29, 0.717) is 34.9 Å². The molecule has 2 N–H and O–H groups in total. The summed E-state index contributed by atoms with van der Waals surface area (Å²) in [6.07, 6.45) is 1.28. The largest absolute Gasteiger partial charge is 0.332 e. The van der Waals surface area contributed by atoms with Gasteiger partial charge in [-0.3, -0.25) is 4.31 Å². The fourth-order valence-electron chi connectivity index (χ4n) is 4.22. The van der Waals surface area contributed by atoms with Crippen LogP contribution in [0.15, 0.2) is 65.6 Å². The van der Waals surface area contributed by atoms with Crippen LogP contribution in [-0.2, 0) is 16.4 Å². The smallest absolute Gasteiger partial charge is 0.264 e. The van der Waals surface area contributed by atoms with E-state index in [1.54, 1.807) is 30.3 Å². The lowest BCUT2D eigenvalue weighted by atomic mass is 9.99. The summed E-state index contributed by atoms with van der Waals surface area (Å²) in [6, 6.07) is 16.6. The summed E-state index contributed by atoms with van der Waals surface area (Å²) in [5, 5.41) is 6.65.